The van der Waals surface area contributed by atoms with E-state index in [-0.39, 0.29) is 4.90 Å². The maximum absolute atomic E-state index is 13.0. The van der Waals surface area contributed by atoms with Crippen LogP contribution in [-0.2, 0) is 10.0 Å². The zero-order valence-corrected chi connectivity index (χ0v) is 16.6. The van der Waals surface area contributed by atoms with Crippen molar-refractivity contribution in [2.45, 2.75) is 11.8 Å². The Labute approximate surface area is 159 Å². The standard InChI is InChI=1S/C17H22ClN5O2S/c1-13-15(18)5-4-6-16(13)26(24,25)23-9-7-22(8-10-23)17-11-14(21(2)3)12-19-20-17/h4-6,11-12H,7-10H2,1-3H3. The minimum atomic E-state index is -3.56. The predicted molar refractivity (Wildman–Crippen MR) is 104 cm³/mol. The number of benzene rings is 1. The third kappa shape index (κ3) is 3.62. The SMILES string of the molecule is Cc1c(Cl)cccc1S(=O)(=O)N1CCN(c2cc(N(C)C)cnn2)CC1. The number of nitrogens with zero attached hydrogens (tertiary/aromatic N) is 5. The summed E-state index contributed by atoms with van der Waals surface area (Å²) in [5.41, 5.74) is 1.54. The summed E-state index contributed by atoms with van der Waals surface area (Å²) in [6, 6.07) is 6.93. The van der Waals surface area contributed by atoms with Crippen LogP contribution in [0, 0.1) is 6.92 Å². The Hall–Kier alpha value is -1.90. The second kappa shape index (κ2) is 7.38. The summed E-state index contributed by atoms with van der Waals surface area (Å²) < 4.78 is 27.4. The Morgan fingerprint density at radius 1 is 1.15 bits per heavy atom. The number of anilines is 2. The zero-order chi connectivity index (χ0) is 18.9. The first kappa shape index (κ1) is 18.9. The minimum Gasteiger partial charge on any atom is -0.376 e. The average molecular weight is 396 g/mol. The molecule has 2 heterocycles. The van der Waals surface area contributed by atoms with Gasteiger partial charge in [-0.05, 0) is 24.6 Å². The Morgan fingerprint density at radius 3 is 2.50 bits per heavy atom. The van der Waals surface area contributed by atoms with Gasteiger partial charge in [0.1, 0.15) is 0 Å². The molecular formula is C17H22ClN5O2S. The van der Waals surface area contributed by atoms with Crippen molar-refractivity contribution in [1.82, 2.24) is 14.5 Å². The molecule has 7 nitrogen and oxygen atoms in total. The van der Waals surface area contributed by atoms with Crippen molar-refractivity contribution in [2.75, 3.05) is 50.1 Å². The maximum Gasteiger partial charge on any atom is 0.243 e. The summed E-state index contributed by atoms with van der Waals surface area (Å²) in [5.74, 6) is 0.757. The highest BCUT2D eigenvalue weighted by Gasteiger charge is 2.30. The molecule has 9 heteroatoms. The van der Waals surface area contributed by atoms with E-state index in [1.54, 1.807) is 31.3 Å². The van der Waals surface area contributed by atoms with Gasteiger partial charge in [0.2, 0.25) is 10.0 Å². The molecule has 0 radical (unpaired) electrons. The van der Waals surface area contributed by atoms with Crippen molar-refractivity contribution < 1.29 is 8.42 Å². The van der Waals surface area contributed by atoms with Gasteiger partial charge in [0.15, 0.2) is 5.82 Å². The van der Waals surface area contributed by atoms with Crippen molar-refractivity contribution in [3.63, 3.8) is 0 Å². The Kier molecular flexibility index (Phi) is 5.36. The summed E-state index contributed by atoms with van der Waals surface area (Å²) in [5, 5.41) is 8.68. The molecule has 2 aromatic rings. The average Bonchev–Trinajstić information content (AvgIpc) is 2.64. The fourth-order valence-corrected chi connectivity index (χ4v) is 4.81. The molecular weight excluding hydrogens is 374 g/mol. The van der Waals surface area contributed by atoms with Crippen LogP contribution in [0.15, 0.2) is 35.4 Å². The van der Waals surface area contributed by atoms with Crippen LogP contribution in [0.5, 0.6) is 0 Å². The predicted octanol–water partition coefficient (Wildman–Crippen LogP) is 2.02. The van der Waals surface area contributed by atoms with E-state index in [0.29, 0.717) is 36.8 Å². The van der Waals surface area contributed by atoms with E-state index < -0.39 is 10.0 Å². The Bertz CT molecular complexity index is 896. The zero-order valence-electron chi connectivity index (χ0n) is 15.1. The Morgan fingerprint density at radius 2 is 1.85 bits per heavy atom. The van der Waals surface area contributed by atoms with Crippen molar-refractivity contribution in [1.29, 1.82) is 0 Å². The lowest BCUT2D eigenvalue weighted by Crippen LogP contribution is -2.49. The molecule has 1 saturated heterocycles. The van der Waals surface area contributed by atoms with E-state index in [1.807, 2.05) is 25.1 Å². The van der Waals surface area contributed by atoms with E-state index in [4.69, 9.17) is 11.6 Å². The van der Waals surface area contributed by atoms with Gasteiger partial charge in [0, 0.05) is 51.4 Å². The summed E-state index contributed by atoms with van der Waals surface area (Å²) >= 11 is 6.09. The summed E-state index contributed by atoms with van der Waals surface area (Å²) in [6.45, 7) is 3.63. The van der Waals surface area contributed by atoms with Gasteiger partial charge in [-0.25, -0.2) is 8.42 Å². The number of rotatable bonds is 4. The molecule has 0 aliphatic carbocycles. The van der Waals surface area contributed by atoms with E-state index in [0.717, 1.165) is 11.5 Å². The summed E-state index contributed by atoms with van der Waals surface area (Å²) in [7, 11) is 0.322. The molecule has 3 rings (SSSR count). The second-order valence-electron chi connectivity index (χ2n) is 6.42. The molecule has 0 spiro atoms. The van der Waals surface area contributed by atoms with Gasteiger partial charge in [-0.1, -0.05) is 17.7 Å². The summed E-state index contributed by atoms with van der Waals surface area (Å²) in [6.07, 6.45) is 1.70. The fourth-order valence-electron chi connectivity index (χ4n) is 2.91. The number of hydrogen-bond acceptors (Lipinski definition) is 6. The number of halogens is 1. The molecule has 1 aliphatic rings. The van der Waals surface area contributed by atoms with Gasteiger partial charge in [-0.3, -0.25) is 0 Å². The van der Waals surface area contributed by atoms with Gasteiger partial charge >= 0.3 is 0 Å². The smallest absolute Gasteiger partial charge is 0.243 e. The van der Waals surface area contributed by atoms with E-state index >= 15 is 0 Å². The first-order valence-corrected chi connectivity index (χ1v) is 10.1. The normalized spacial score (nSPS) is 15.9. The lowest BCUT2D eigenvalue weighted by molar-refractivity contribution is 0.383. The highest BCUT2D eigenvalue weighted by Crippen LogP contribution is 2.27. The van der Waals surface area contributed by atoms with Crippen molar-refractivity contribution >= 4 is 33.1 Å². The monoisotopic (exact) mass is 395 g/mol. The molecule has 0 amide bonds. The highest BCUT2D eigenvalue weighted by molar-refractivity contribution is 7.89. The minimum absolute atomic E-state index is 0.271. The van der Waals surface area contributed by atoms with Crippen LogP contribution < -0.4 is 9.80 Å². The van der Waals surface area contributed by atoms with Gasteiger partial charge in [-0.2, -0.15) is 9.40 Å². The Balaban J connectivity index is 1.76. The molecule has 1 aromatic carbocycles. The molecule has 0 saturated carbocycles. The topological polar surface area (TPSA) is 69.6 Å². The molecule has 0 bridgehead atoms. The van der Waals surface area contributed by atoms with Crippen molar-refractivity contribution in [3.8, 4) is 0 Å². The van der Waals surface area contributed by atoms with Gasteiger partial charge in [0.05, 0.1) is 16.8 Å². The van der Waals surface area contributed by atoms with Crippen LogP contribution in [0.4, 0.5) is 11.5 Å². The van der Waals surface area contributed by atoms with E-state index in [2.05, 4.69) is 15.1 Å². The largest absolute Gasteiger partial charge is 0.376 e. The van der Waals surface area contributed by atoms with Crippen LogP contribution in [0.25, 0.3) is 0 Å². The third-order valence-electron chi connectivity index (χ3n) is 4.54. The van der Waals surface area contributed by atoms with Crippen LogP contribution in [-0.4, -0.2) is 63.2 Å². The van der Waals surface area contributed by atoms with Crippen molar-refractivity contribution in [2.24, 2.45) is 0 Å². The van der Waals surface area contributed by atoms with Crippen LogP contribution in [0.2, 0.25) is 5.02 Å². The molecule has 140 valence electrons. The third-order valence-corrected chi connectivity index (χ3v) is 6.99. The lowest BCUT2D eigenvalue weighted by atomic mass is 10.2. The first-order valence-electron chi connectivity index (χ1n) is 8.31. The quantitative estimate of drug-likeness (QED) is 0.788. The summed E-state index contributed by atoms with van der Waals surface area (Å²) in [4.78, 5) is 4.28. The first-order chi connectivity index (χ1) is 12.3. The number of aromatic nitrogens is 2. The lowest BCUT2D eigenvalue weighted by Gasteiger charge is -2.34. The second-order valence-corrected chi connectivity index (χ2v) is 8.73. The fraction of sp³-hybridized carbons (Fsp3) is 0.412. The van der Waals surface area contributed by atoms with Crippen LogP contribution >= 0.6 is 11.6 Å². The molecule has 0 unspecified atom stereocenters. The molecule has 1 aromatic heterocycles. The maximum atomic E-state index is 13.0. The number of hydrogen-bond donors (Lipinski definition) is 0. The van der Waals surface area contributed by atoms with E-state index in [1.165, 1.54) is 4.31 Å². The molecule has 26 heavy (non-hydrogen) atoms. The van der Waals surface area contributed by atoms with Crippen LogP contribution in [0.3, 0.4) is 0 Å². The van der Waals surface area contributed by atoms with Gasteiger partial charge in [-0.15, -0.1) is 5.10 Å². The van der Waals surface area contributed by atoms with Crippen LogP contribution in [0.1, 0.15) is 5.56 Å². The van der Waals surface area contributed by atoms with Crippen molar-refractivity contribution in [3.05, 3.63) is 41.0 Å². The van der Waals surface area contributed by atoms with Gasteiger partial charge in [0.25, 0.3) is 0 Å². The highest BCUT2D eigenvalue weighted by atomic mass is 35.5. The van der Waals surface area contributed by atoms with Gasteiger partial charge < -0.3 is 9.80 Å². The number of sulfonamides is 1. The number of piperazine rings is 1. The molecule has 1 fully saturated rings. The molecule has 0 atom stereocenters. The molecule has 0 N–H and O–H groups in total. The van der Waals surface area contributed by atoms with E-state index in [9.17, 15) is 8.42 Å². The molecule has 1 aliphatic heterocycles.